The van der Waals surface area contributed by atoms with Crippen molar-refractivity contribution in [3.8, 4) is 0 Å². The highest BCUT2D eigenvalue weighted by Crippen LogP contribution is 2.16. The summed E-state index contributed by atoms with van der Waals surface area (Å²) < 4.78 is 4.99. The molecule has 0 aliphatic carbocycles. The second kappa shape index (κ2) is 6.90. The Hall–Kier alpha value is -2.09. The smallest absolute Gasteiger partial charge is 0.409 e. The third kappa shape index (κ3) is 3.70. The van der Waals surface area contributed by atoms with Crippen LogP contribution in [0.5, 0.6) is 0 Å². The lowest BCUT2D eigenvalue weighted by Gasteiger charge is -2.31. The number of nitrogens with zero attached hydrogens (tertiary/aromatic N) is 3. The zero-order chi connectivity index (χ0) is 14.4. The van der Waals surface area contributed by atoms with Crippen molar-refractivity contribution >= 4 is 17.9 Å². The van der Waals surface area contributed by atoms with Crippen molar-refractivity contribution in [3.63, 3.8) is 0 Å². The molecule has 1 aliphatic heterocycles. The Morgan fingerprint density at radius 3 is 2.95 bits per heavy atom. The van der Waals surface area contributed by atoms with Crippen LogP contribution in [0.25, 0.3) is 0 Å². The molecule has 0 bridgehead atoms. The van der Waals surface area contributed by atoms with Crippen molar-refractivity contribution in [3.05, 3.63) is 12.3 Å². The van der Waals surface area contributed by atoms with Gasteiger partial charge in [0.2, 0.25) is 5.95 Å². The Balaban J connectivity index is 1.83. The van der Waals surface area contributed by atoms with Gasteiger partial charge in [-0.15, -0.1) is 0 Å². The molecule has 2 rings (SSSR count). The van der Waals surface area contributed by atoms with Crippen molar-refractivity contribution in [2.24, 2.45) is 5.84 Å². The molecule has 110 valence electrons. The summed E-state index contributed by atoms with van der Waals surface area (Å²) in [6.07, 6.45) is 3.11. The van der Waals surface area contributed by atoms with E-state index in [1.165, 1.54) is 0 Å². The molecule has 0 aromatic carbocycles. The molecule has 1 amide bonds. The Morgan fingerprint density at radius 2 is 2.30 bits per heavy atom. The van der Waals surface area contributed by atoms with Crippen molar-refractivity contribution in [1.82, 2.24) is 14.9 Å². The zero-order valence-electron chi connectivity index (χ0n) is 11.5. The van der Waals surface area contributed by atoms with Gasteiger partial charge in [-0.3, -0.25) is 5.43 Å². The Morgan fingerprint density at radius 1 is 1.55 bits per heavy atom. The van der Waals surface area contributed by atoms with Gasteiger partial charge in [0.1, 0.15) is 5.82 Å². The maximum atomic E-state index is 11.6. The Labute approximate surface area is 117 Å². The summed E-state index contributed by atoms with van der Waals surface area (Å²) in [4.78, 5) is 21.5. The third-order valence-corrected chi connectivity index (χ3v) is 3.16. The molecule has 1 aliphatic rings. The van der Waals surface area contributed by atoms with Crippen LogP contribution >= 0.6 is 0 Å². The fraction of sp³-hybridized carbons (Fsp3) is 0.583. The number of likely N-dealkylation sites (tertiary alicyclic amines) is 1. The van der Waals surface area contributed by atoms with Crippen LogP contribution in [0.2, 0.25) is 0 Å². The number of anilines is 2. The fourth-order valence-electron chi connectivity index (χ4n) is 2.14. The van der Waals surface area contributed by atoms with Gasteiger partial charge >= 0.3 is 6.09 Å². The van der Waals surface area contributed by atoms with Crippen LogP contribution in [0.1, 0.15) is 19.8 Å². The number of rotatable bonds is 4. The van der Waals surface area contributed by atoms with E-state index in [-0.39, 0.29) is 12.1 Å². The highest BCUT2D eigenvalue weighted by Gasteiger charge is 2.23. The second-order valence-electron chi connectivity index (χ2n) is 4.51. The largest absolute Gasteiger partial charge is 0.450 e. The highest BCUT2D eigenvalue weighted by molar-refractivity contribution is 5.67. The molecule has 1 aromatic heterocycles. The Kier molecular flexibility index (Phi) is 4.94. The molecule has 0 unspecified atom stereocenters. The maximum absolute atomic E-state index is 11.6. The summed E-state index contributed by atoms with van der Waals surface area (Å²) in [5.74, 6) is 6.37. The standard InChI is InChI=1S/C12H20N6O2/c1-2-20-12(19)18-7-4-9(5-8-18)15-10-3-6-14-11(16-10)17-13/h3,6,9H,2,4-5,7-8,13H2,1H3,(H2,14,15,16,17). The van der Waals surface area contributed by atoms with Crippen LogP contribution in [-0.2, 0) is 4.74 Å². The normalized spacial score (nSPS) is 15.8. The van der Waals surface area contributed by atoms with Gasteiger partial charge in [-0.2, -0.15) is 4.98 Å². The van der Waals surface area contributed by atoms with E-state index < -0.39 is 0 Å². The number of hydrogen-bond acceptors (Lipinski definition) is 7. The van der Waals surface area contributed by atoms with E-state index in [1.807, 2.05) is 6.92 Å². The summed E-state index contributed by atoms with van der Waals surface area (Å²) in [5.41, 5.74) is 2.41. The predicted molar refractivity (Wildman–Crippen MR) is 75.1 cm³/mol. The Bertz CT molecular complexity index is 447. The lowest BCUT2D eigenvalue weighted by molar-refractivity contribution is 0.0983. The van der Waals surface area contributed by atoms with Crippen LogP contribution < -0.4 is 16.6 Å². The molecular formula is C12H20N6O2. The number of ether oxygens (including phenoxy) is 1. The number of amides is 1. The first-order chi connectivity index (χ1) is 9.72. The number of carbonyl (C=O) groups excluding carboxylic acids is 1. The third-order valence-electron chi connectivity index (χ3n) is 3.16. The number of piperidine rings is 1. The van der Waals surface area contributed by atoms with E-state index in [0.717, 1.165) is 18.7 Å². The van der Waals surface area contributed by atoms with E-state index in [0.29, 0.717) is 25.6 Å². The van der Waals surface area contributed by atoms with Gasteiger partial charge in [-0.1, -0.05) is 0 Å². The first kappa shape index (κ1) is 14.3. The van der Waals surface area contributed by atoms with Gasteiger partial charge in [0.05, 0.1) is 6.61 Å². The summed E-state index contributed by atoms with van der Waals surface area (Å²) in [7, 11) is 0. The SMILES string of the molecule is CCOC(=O)N1CCC(Nc2ccnc(NN)n2)CC1. The van der Waals surface area contributed by atoms with Gasteiger partial charge in [0.25, 0.3) is 0 Å². The molecular weight excluding hydrogens is 260 g/mol. The van der Waals surface area contributed by atoms with Gasteiger partial charge < -0.3 is 15.0 Å². The lowest BCUT2D eigenvalue weighted by atomic mass is 10.1. The minimum atomic E-state index is -0.234. The van der Waals surface area contributed by atoms with Crippen LogP contribution in [0, 0.1) is 0 Å². The molecule has 0 radical (unpaired) electrons. The summed E-state index contributed by atoms with van der Waals surface area (Å²) in [6.45, 7) is 3.59. The van der Waals surface area contributed by atoms with Gasteiger partial charge in [-0.05, 0) is 25.8 Å². The average molecular weight is 280 g/mol. The van der Waals surface area contributed by atoms with E-state index in [4.69, 9.17) is 10.6 Å². The summed E-state index contributed by atoms with van der Waals surface area (Å²) in [5, 5.41) is 3.32. The molecule has 8 heteroatoms. The van der Waals surface area contributed by atoms with Crippen molar-refractivity contribution in [1.29, 1.82) is 0 Å². The molecule has 0 atom stereocenters. The molecule has 2 heterocycles. The van der Waals surface area contributed by atoms with Crippen LogP contribution in [0.15, 0.2) is 12.3 Å². The quantitative estimate of drug-likeness (QED) is 0.553. The van der Waals surface area contributed by atoms with E-state index in [2.05, 4.69) is 20.7 Å². The first-order valence-electron chi connectivity index (χ1n) is 6.70. The lowest BCUT2D eigenvalue weighted by Crippen LogP contribution is -2.42. The first-order valence-corrected chi connectivity index (χ1v) is 6.70. The minimum absolute atomic E-state index is 0.234. The molecule has 0 spiro atoms. The van der Waals surface area contributed by atoms with Crippen molar-refractivity contribution in [2.75, 3.05) is 30.4 Å². The molecule has 8 nitrogen and oxygen atoms in total. The van der Waals surface area contributed by atoms with Crippen molar-refractivity contribution < 1.29 is 9.53 Å². The number of nitrogen functional groups attached to an aromatic ring is 1. The molecule has 1 fully saturated rings. The van der Waals surface area contributed by atoms with Crippen LogP contribution in [0.4, 0.5) is 16.6 Å². The molecule has 0 saturated carbocycles. The molecule has 20 heavy (non-hydrogen) atoms. The number of hydrogen-bond donors (Lipinski definition) is 3. The number of carbonyl (C=O) groups is 1. The number of aromatic nitrogens is 2. The molecule has 1 aromatic rings. The van der Waals surface area contributed by atoms with Crippen LogP contribution in [0.3, 0.4) is 0 Å². The average Bonchev–Trinajstić information content (AvgIpc) is 2.48. The topological polar surface area (TPSA) is 105 Å². The minimum Gasteiger partial charge on any atom is -0.450 e. The van der Waals surface area contributed by atoms with E-state index >= 15 is 0 Å². The van der Waals surface area contributed by atoms with Gasteiger partial charge in [0.15, 0.2) is 0 Å². The highest BCUT2D eigenvalue weighted by atomic mass is 16.6. The summed E-state index contributed by atoms with van der Waals surface area (Å²) in [6, 6.07) is 2.07. The zero-order valence-corrected chi connectivity index (χ0v) is 11.5. The van der Waals surface area contributed by atoms with Gasteiger partial charge in [0, 0.05) is 25.3 Å². The number of hydrazine groups is 1. The summed E-state index contributed by atoms with van der Waals surface area (Å²) >= 11 is 0. The molecule has 4 N–H and O–H groups in total. The molecule has 1 saturated heterocycles. The second-order valence-corrected chi connectivity index (χ2v) is 4.51. The fourth-order valence-corrected chi connectivity index (χ4v) is 2.14. The van der Waals surface area contributed by atoms with E-state index in [9.17, 15) is 4.79 Å². The van der Waals surface area contributed by atoms with Crippen molar-refractivity contribution in [2.45, 2.75) is 25.8 Å². The predicted octanol–water partition coefficient (Wildman–Crippen LogP) is 0.795. The number of nitrogens with one attached hydrogen (secondary N) is 2. The van der Waals surface area contributed by atoms with Gasteiger partial charge in [-0.25, -0.2) is 15.6 Å². The number of nitrogens with two attached hydrogens (primary N) is 1. The monoisotopic (exact) mass is 280 g/mol. The van der Waals surface area contributed by atoms with Crippen LogP contribution in [-0.4, -0.2) is 46.7 Å². The maximum Gasteiger partial charge on any atom is 0.409 e. The van der Waals surface area contributed by atoms with E-state index in [1.54, 1.807) is 17.2 Å².